The Morgan fingerprint density at radius 2 is 2.18 bits per heavy atom. The van der Waals surface area contributed by atoms with Crippen LogP contribution >= 0.6 is 0 Å². The quantitative estimate of drug-likeness (QED) is 0.586. The zero-order valence-electron chi connectivity index (χ0n) is 7.77. The fraction of sp³-hybridized carbons (Fsp3) is 0.800. The van der Waals surface area contributed by atoms with Gasteiger partial charge in [0.2, 0.25) is 0 Å². The maximum Gasteiger partial charge on any atom is 0.0487 e. The average Bonchev–Trinajstić information content (AvgIpc) is 2.02. The third kappa shape index (κ3) is 4.20. The van der Waals surface area contributed by atoms with Gasteiger partial charge in [-0.05, 0) is 18.3 Å². The van der Waals surface area contributed by atoms with Gasteiger partial charge < -0.3 is 5.11 Å². The molecule has 0 unspecified atom stereocenters. The number of aliphatic hydroxyl groups is 1. The molecule has 0 aliphatic rings. The van der Waals surface area contributed by atoms with Gasteiger partial charge in [-0.15, -0.1) is 6.58 Å². The van der Waals surface area contributed by atoms with E-state index in [4.69, 9.17) is 5.11 Å². The summed E-state index contributed by atoms with van der Waals surface area (Å²) in [6.07, 6.45) is 6.32. The van der Waals surface area contributed by atoms with E-state index in [2.05, 4.69) is 20.4 Å². The van der Waals surface area contributed by atoms with Crippen LogP contribution in [0.25, 0.3) is 0 Å². The zero-order chi connectivity index (χ0) is 8.74. The van der Waals surface area contributed by atoms with Gasteiger partial charge in [0, 0.05) is 6.61 Å². The molecule has 0 bridgehead atoms. The summed E-state index contributed by atoms with van der Waals surface area (Å²) >= 11 is 0. The van der Waals surface area contributed by atoms with Gasteiger partial charge in [0.15, 0.2) is 0 Å². The number of hydrogen-bond donors (Lipinski definition) is 1. The molecule has 0 amide bonds. The Kier molecular flexibility index (Phi) is 5.22. The van der Waals surface area contributed by atoms with E-state index >= 15 is 0 Å². The number of rotatable bonds is 6. The molecular formula is C10H20O. The first-order valence-corrected chi connectivity index (χ1v) is 4.40. The van der Waals surface area contributed by atoms with Crippen molar-refractivity contribution >= 4 is 0 Å². The molecule has 1 heteroatoms. The summed E-state index contributed by atoms with van der Waals surface area (Å²) in [5.74, 6) is 0. The predicted molar refractivity (Wildman–Crippen MR) is 49.5 cm³/mol. The van der Waals surface area contributed by atoms with Crippen LogP contribution in [0.4, 0.5) is 0 Å². The lowest BCUT2D eigenvalue weighted by atomic mass is 9.83. The fourth-order valence-electron chi connectivity index (χ4n) is 1.20. The lowest BCUT2D eigenvalue weighted by Gasteiger charge is -2.25. The molecule has 0 saturated heterocycles. The first kappa shape index (κ1) is 10.7. The van der Waals surface area contributed by atoms with Crippen molar-refractivity contribution in [3.05, 3.63) is 12.7 Å². The van der Waals surface area contributed by atoms with Crippen LogP contribution in [-0.2, 0) is 0 Å². The zero-order valence-corrected chi connectivity index (χ0v) is 7.77. The minimum absolute atomic E-state index is 0.0811. The van der Waals surface area contributed by atoms with Crippen molar-refractivity contribution in [2.45, 2.75) is 39.5 Å². The molecule has 0 rings (SSSR count). The van der Waals surface area contributed by atoms with Crippen molar-refractivity contribution in [2.75, 3.05) is 6.61 Å². The monoisotopic (exact) mass is 156 g/mol. The van der Waals surface area contributed by atoms with Gasteiger partial charge in [0.1, 0.15) is 0 Å². The summed E-state index contributed by atoms with van der Waals surface area (Å²) in [4.78, 5) is 0. The third-order valence-electron chi connectivity index (χ3n) is 2.15. The van der Waals surface area contributed by atoms with E-state index in [9.17, 15) is 0 Å². The molecule has 1 atom stereocenters. The lowest BCUT2D eigenvalue weighted by Crippen LogP contribution is -2.20. The van der Waals surface area contributed by atoms with Crippen LogP contribution in [0.15, 0.2) is 12.7 Å². The average molecular weight is 156 g/mol. The molecule has 0 aliphatic heterocycles. The fourth-order valence-corrected chi connectivity index (χ4v) is 1.20. The second-order valence-corrected chi connectivity index (χ2v) is 3.57. The van der Waals surface area contributed by atoms with Crippen molar-refractivity contribution in [2.24, 2.45) is 5.41 Å². The van der Waals surface area contributed by atoms with Crippen molar-refractivity contribution in [3.63, 3.8) is 0 Å². The molecular weight excluding hydrogens is 136 g/mol. The van der Waals surface area contributed by atoms with Crippen molar-refractivity contribution < 1.29 is 5.11 Å². The van der Waals surface area contributed by atoms with Gasteiger partial charge in [-0.1, -0.05) is 32.8 Å². The Hall–Kier alpha value is -0.300. The molecule has 0 aliphatic carbocycles. The highest BCUT2D eigenvalue weighted by Gasteiger charge is 2.20. The summed E-state index contributed by atoms with van der Waals surface area (Å²) < 4.78 is 0. The smallest absolute Gasteiger partial charge is 0.0487 e. The van der Waals surface area contributed by atoms with Crippen molar-refractivity contribution in [1.82, 2.24) is 0 Å². The highest BCUT2D eigenvalue weighted by molar-refractivity contribution is 4.82. The molecule has 0 spiro atoms. The van der Waals surface area contributed by atoms with Gasteiger partial charge in [-0.25, -0.2) is 0 Å². The summed E-state index contributed by atoms with van der Waals surface area (Å²) in [7, 11) is 0. The standard InChI is InChI=1S/C10H20O/c1-4-6-8-10(3,9-11)7-5-2/h5,11H,2,4,6-9H2,1,3H3/t10-/m0/s1. The van der Waals surface area contributed by atoms with Gasteiger partial charge >= 0.3 is 0 Å². The Balaban J connectivity index is 3.77. The van der Waals surface area contributed by atoms with Gasteiger partial charge in [-0.2, -0.15) is 0 Å². The second kappa shape index (κ2) is 5.36. The molecule has 0 aromatic heterocycles. The molecule has 0 radical (unpaired) electrons. The normalized spacial score (nSPS) is 15.9. The SMILES string of the molecule is C=CC[C@](C)(CO)CCCC. The van der Waals surface area contributed by atoms with Gasteiger partial charge in [0.25, 0.3) is 0 Å². The molecule has 1 N–H and O–H groups in total. The van der Waals surface area contributed by atoms with E-state index in [1.54, 1.807) is 0 Å². The van der Waals surface area contributed by atoms with Crippen LogP contribution in [0, 0.1) is 5.41 Å². The Morgan fingerprint density at radius 1 is 1.55 bits per heavy atom. The molecule has 66 valence electrons. The van der Waals surface area contributed by atoms with E-state index in [1.165, 1.54) is 12.8 Å². The summed E-state index contributed by atoms with van der Waals surface area (Å²) in [6.45, 7) is 8.26. The largest absolute Gasteiger partial charge is 0.396 e. The Labute approximate surface area is 70.1 Å². The van der Waals surface area contributed by atoms with Gasteiger partial charge in [-0.3, -0.25) is 0 Å². The maximum absolute atomic E-state index is 9.10. The van der Waals surface area contributed by atoms with E-state index in [-0.39, 0.29) is 12.0 Å². The molecule has 0 fully saturated rings. The molecule has 0 heterocycles. The van der Waals surface area contributed by atoms with Crippen molar-refractivity contribution in [1.29, 1.82) is 0 Å². The van der Waals surface area contributed by atoms with E-state index < -0.39 is 0 Å². The summed E-state index contributed by atoms with van der Waals surface area (Å²) in [5, 5.41) is 9.10. The molecule has 0 aromatic rings. The van der Waals surface area contributed by atoms with Crippen LogP contribution < -0.4 is 0 Å². The number of hydrogen-bond acceptors (Lipinski definition) is 1. The van der Waals surface area contributed by atoms with Crippen LogP contribution in [0.2, 0.25) is 0 Å². The maximum atomic E-state index is 9.10. The Bertz CT molecular complexity index is 109. The Morgan fingerprint density at radius 3 is 2.55 bits per heavy atom. The third-order valence-corrected chi connectivity index (χ3v) is 2.15. The van der Waals surface area contributed by atoms with E-state index in [1.807, 2.05) is 6.08 Å². The van der Waals surface area contributed by atoms with Crippen LogP contribution in [0.3, 0.4) is 0 Å². The van der Waals surface area contributed by atoms with Crippen molar-refractivity contribution in [3.8, 4) is 0 Å². The predicted octanol–water partition coefficient (Wildman–Crippen LogP) is 2.75. The molecule has 0 aromatic carbocycles. The topological polar surface area (TPSA) is 20.2 Å². The highest BCUT2D eigenvalue weighted by Crippen LogP contribution is 2.27. The van der Waals surface area contributed by atoms with Crippen LogP contribution in [0.1, 0.15) is 39.5 Å². The summed E-state index contributed by atoms with van der Waals surface area (Å²) in [5.41, 5.74) is 0.0811. The highest BCUT2D eigenvalue weighted by atomic mass is 16.3. The second-order valence-electron chi connectivity index (χ2n) is 3.57. The molecule has 11 heavy (non-hydrogen) atoms. The summed E-state index contributed by atoms with van der Waals surface area (Å²) in [6, 6.07) is 0. The number of allylic oxidation sites excluding steroid dienone is 1. The van der Waals surface area contributed by atoms with E-state index in [0.29, 0.717) is 0 Å². The van der Waals surface area contributed by atoms with Gasteiger partial charge in [0.05, 0.1) is 0 Å². The minimum Gasteiger partial charge on any atom is -0.396 e. The first-order chi connectivity index (χ1) is 5.18. The van der Waals surface area contributed by atoms with Crippen LogP contribution in [0.5, 0.6) is 0 Å². The minimum atomic E-state index is 0.0811. The molecule has 0 saturated carbocycles. The van der Waals surface area contributed by atoms with E-state index in [0.717, 1.165) is 12.8 Å². The molecule has 1 nitrogen and oxygen atoms in total. The van der Waals surface area contributed by atoms with Crippen LogP contribution in [-0.4, -0.2) is 11.7 Å². The number of unbranched alkanes of at least 4 members (excludes halogenated alkanes) is 1. The first-order valence-electron chi connectivity index (χ1n) is 4.40. The number of aliphatic hydroxyl groups excluding tert-OH is 1. The lowest BCUT2D eigenvalue weighted by molar-refractivity contribution is 0.132.